The quantitative estimate of drug-likeness (QED) is 0.323. The first-order valence-corrected chi connectivity index (χ1v) is 12.8. The number of benzene rings is 2. The van der Waals surface area contributed by atoms with Gasteiger partial charge in [-0.2, -0.15) is 9.50 Å². The number of furan rings is 1. The van der Waals surface area contributed by atoms with Crippen LogP contribution in [0.3, 0.4) is 0 Å². The molecule has 0 spiro atoms. The summed E-state index contributed by atoms with van der Waals surface area (Å²) in [6, 6.07) is 19.3. The molecule has 10 heteroatoms. The lowest BCUT2D eigenvalue weighted by Gasteiger charge is -2.40. The van der Waals surface area contributed by atoms with Crippen LogP contribution in [0.5, 0.6) is 11.6 Å². The molecule has 1 fully saturated rings. The Kier molecular flexibility index (Phi) is 6.04. The van der Waals surface area contributed by atoms with Crippen LogP contribution in [0.25, 0.3) is 16.5 Å². The SMILES string of the molecule is COc1ccc(N2CCN(C(c3ccccc3Cl)c3sc4nc(-c5ccco5)nn4c3O)CC2)cc1. The van der Waals surface area contributed by atoms with Crippen LogP contribution < -0.4 is 9.64 Å². The van der Waals surface area contributed by atoms with Crippen molar-refractivity contribution in [2.75, 3.05) is 38.2 Å². The molecular formula is C26H24ClN5O3S. The molecular weight excluding hydrogens is 498 g/mol. The van der Waals surface area contributed by atoms with E-state index < -0.39 is 0 Å². The topological polar surface area (TPSA) is 79.3 Å². The minimum Gasteiger partial charge on any atom is -0.497 e. The van der Waals surface area contributed by atoms with Crippen LogP contribution in [0.2, 0.25) is 5.02 Å². The molecule has 1 aliphatic rings. The third-order valence-electron chi connectivity index (χ3n) is 6.51. The number of hydrogen-bond acceptors (Lipinski definition) is 8. The molecule has 184 valence electrons. The first-order chi connectivity index (χ1) is 17.6. The van der Waals surface area contributed by atoms with Gasteiger partial charge in [0.2, 0.25) is 16.7 Å². The van der Waals surface area contributed by atoms with Crippen molar-refractivity contribution in [2.45, 2.75) is 6.04 Å². The van der Waals surface area contributed by atoms with Gasteiger partial charge in [0, 0.05) is 36.9 Å². The van der Waals surface area contributed by atoms with Gasteiger partial charge in [-0.25, -0.2) is 0 Å². The standard InChI is InChI=1S/C26H24ClN5O3S/c1-34-18-10-8-17(9-11-18)30-12-14-31(15-13-30)22(19-5-2-3-6-20(19)27)23-25(33)32-26(36-23)28-24(29-32)21-7-4-16-35-21/h2-11,16,22,33H,12-15H2,1H3. The summed E-state index contributed by atoms with van der Waals surface area (Å²) >= 11 is 8.10. The number of hydrogen-bond donors (Lipinski definition) is 1. The summed E-state index contributed by atoms with van der Waals surface area (Å²) in [5, 5.41) is 16.4. The van der Waals surface area contributed by atoms with Gasteiger partial charge >= 0.3 is 0 Å². The Morgan fingerprint density at radius 1 is 1.03 bits per heavy atom. The molecule has 0 saturated carbocycles. The summed E-state index contributed by atoms with van der Waals surface area (Å²) in [6.45, 7) is 3.29. The molecule has 0 amide bonds. The highest BCUT2D eigenvalue weighted by molar-refractivity contribution is 7.17. The molecule has 0 radical (unpaired) electrons. The van der Waals surface area contributed by atoms with Crippen molar-refractivity contribution >= 4 is 33.6 Å². The number of anilines is 1. The minimum atomic E-state index is -0.225. The Morgan fingerprint density at radius 2 is 1.81 bits per heavy atom. The lowest BCUT2D eigenvalue weighted by molar-refractivity contribution is 0.211. The first kappa shape index (κ1) is 22.9. The van der Waals surface area contributed by atoms with Crippen LogP contribution in [0.15, 0.2) is 71.3 Å². The van der Waals surface area contributed by atoms with Crippen LogP contribution in [0.1, 0.15) is 16.5 Å². The normalized spacial score (nSPS) is 15.4. The lowest BCUT2D eigenvalue weighted by Crippen LogP contribution is -2.47. The summed E-state index contributed by atoms with van der Waals surface area (Å²) in [4.78, 5) is 10.7. The summed E-state index contributed by atoms with van der Waals surface area (Å²) in [7, 11) is 1.67. The number of aromatic hydroxyl groups is 1. The van der Waals surface area contributed by atoms with Crippen molar-refractivity contribution in [2.24, 2.45) is 0 Å². The van der Waals surface area contributed by atoms with Gasteiger partial charge in [0.15, 0.2) is 5.76 Å². The van der Waals surface area contributed by atoms with E-state index in [1.54, 1.807) is 25.5 Å². The Hall–Kier alpha value is -3.53. The molecule has 1 atom stereocenters. The first-order valence-electron chi connectivity index (χ1n) is 11.6. The Labute approximate surface area is 216 Å². The van der Waals surface area contributed by atoms with Gasteiger partial charge in [-0.05, 0) is 48.0 Å². The fourth-order valence-corrected chi connectivity index (χ4v) is 6.02. The van der Waals surface area contributed by atoms with Gasteiger partial charge < -0.3 is 19.2 Å². The van der Waals surface area contributed by atoms with Crippen molar-refractivity contribution in [3.63, 3.8) is 0 Å². The summed E-state index contributed by atoms with van der Waals surface area (Å²) in [5.41, 5.74) is 2.11. The second-order valence-electron chi connectivity index (χ2n) is 8.54. The predicted octanol–water partition coefficient (Wildman–Crippen LogP) is 5.33. The van der Waals surface area contributed by atoms with E-state index in [1.165, 1.54) is 15.9 Å². The van der Waals surface area contributed by atoms with Crippen LogP contribution in [-0.4, -0.2) is 57.9 Å². The van der Waals surface area contributed by atoms with Crippen molar-refractivity contribution in [3.8, 4) is 23.2 Å². The predicted molar refractivity (Wildman–Crippen MR) is 140 cm³/mol. The number of piperazine rings is 1. The lowest BCUT2D eigenvalue weighted by atomic mass is 10.0. The van der Waals surface area contributed by atoms with E-state index in [4.69, 9.17) is 20.8 Å². The molecule has 5 aromatic rings. The molecule has 8 nitrogen and oxygen atoms in total. The highest BCUT2D eigenvalue weighted by Crippen LogP contribution is 2.42. The molecule has 3 aromatic heterocycles. The molecule has 0 aliphatic carbocycles. The van der Waals surface area contributed by atoms with E-state index in [-0.39, 0.29) is 11.9 Å². The van der Waals surface area contributed by atoms with Crippen LogP contribution in [0.4, 0.5) is 5.69 Å². The highest BCUT2D eigenvalue weighted by Gasteiger charge is 2.33. The number of methoxy groups -OCH3 is 1. The highest BCUT2D eigenvalue weighted by atomic mass is 35.5. The molecule has 1 saturated heterocycles. The molecule has 1 aliphatic heterocycles. The summed E-state index contributed by atoms with van der Waals surface area (Å²) in [6.07, 6.45) is 1.58. The Balaban J connectivity index is 1.32. The summed E-state index contributed by atoms with van der Waals surface area (Å²) < 4.78 is 12.2. The van der Waals surface area contributed by atoms with Gasteiger partial charge in [-0.1, -0.05) is 41.1 Å². The Morgan fingerprint density at radius 3 is 2.47 bits per heavy atom. The fraction of sp³-hybridized carbons (Fsp3) is 0.231. The second kappa shape index (κ2) is 9.50. The molecule has 36 heavy (non-hydrogen) atoms. The van der Waals surface area contributed by atoms with Gasteiger partial charge in [0.1, 0.15) is 5.75 Å². The smallest absolute Gasteiger partial charge is 0.230 e. The Bertz CT molecular complexity index is 1470. The number of nitrogens with zero attached hydrogens (tertiary/aromatic N) is 5. The molecule has 4 heterocycles. The maximum atomic E-state index is 11.3. The van der Waals surface area contributed by atoms with Gasteiger partial charge in [-0.15, -0.1) is 5.10 Å². The molecule has 0 bridgehead atoms. The van der Waals surface area contributed by atoms with Crippen molar-refractivity contribution in [3.05, 3.63) is 82.4 Å². The van der Waals surface area contributed by atoms with Crippen LogP contribution in [0, 0.1) is 0 Å². The molecule has 1 N–H and O–H groups in total. The minimum absolute atomic E-state index is 0.0720. The molecule has 1 unspecified atom stereocenters. The molecule has 2 aromatic carbocycles. The van der Waals surface area contributed by atoms with E-state index in [1.807, 2.05) is 36.4 Å². The average molecular weight is 522 g/mol. The monoisotopic (exact) mass is 521 g/mol. The maximum absolute atomic E-state index is 11.3. The average Bonchev–Trinajstić information content (AvgIpc) is 3.65. The zero-order valence-corrected chi connectivity index (χ0v) is 21.1. The zero-order chi connectivity index (χ0) is 24.6. The number of halogens is 1. The fourth-order valence-electron chi connectivity index (χ4n) is 4.67. The van der Waals surface area contributed by atoms with Crippen LogP contribution in [-0.2, 0) is 0 Å². The second-order valence-corrected chi connectivity index (χ2v) is 9.96. The van der Waals surface area contributed by atoms with E-state index in [0.717, 1.165) is 48.1 Å². The van der Waals surface area contributed by atoms with E-state index in [9.17, 15) is 5.11 Å². The summed E-state index contributed by atoms with van der Waals surface area (Å²) in [5.74, 6) is 1.92. The maximum Gasteiger partial charge on any atom is 0.230 e. The van der Waals surface area contributed by atoms with Crippen molar-refractivity contribution in [1.29, 1.82) is 0 Å². The zero-order valence-electron chi connectivity index (χ0n) is 19.5. The van der Waals surface area contributed by atoms with E-state index in [0.29, 0.717) is 21.6 Å². The van der Waals surface area contributed by atoms with Crippen LogP contribution >= 0.6 is 22.9 Å². The number of aromatic nitrogens is 3. The number of rotatable bonds is 6. The van der Waals surface area contributed by atoms with Crippen molar-refractivity contribution in [1.82, 2.24) is 19.5 Å². The largest absolute Gasteiger partial charge is 0.497 e. The molecule has 6 rings (SSSR count). The number of fused-ring (bicyclic) bond motifs is 1. The van der Waals surface area contributed by atoms with Gasteiger partial charge in [-0.3, -0.25) is 4.90 Å². The van der Waals surface area contributed by atoms with E-state index >= 15 is 0 Å². The van der Waals surface area contributed by atoms with Gasteiger partial charge in [0.25, 0.3) is 0 Å². The third kappa shape index (κ3) is 4.09. The van der Waals surface area contributed by atoms with Gasteiger partial charge in [0.05, 0.1) is 24.3 Å². The number of ether oxygens (including phenoxy) is 1. The third-order valence-corrected chi connectivity index (χ3v) is 7.92. The number of thiazole rings is 1. The van der Waals surface area contributed by atoms with Crippen molar-refractivity contribution < 1.29 is 14.3 Å². The van der Waals surface area contributed by atoms with E-state index in [2.05, 4.69) is 32.0 Å².